The van der Waals surface area contributed by atoms with Crippen molar-refractivity contribution in [2.45, 2.75) is 37.5 Å². The number of carbonyl (C=O) groups is 1. The zero-order chi connectivity index (χ0) is 21.1. The zero-order valence-corrected chi connectivity index (χ0v) is 15.9. The molecule has 2 heterocycles. The Morgan fingerprint density at radius 1 is 1.10 bits per heavy atom. The van der Waals surface area contributed by atoms with Crippen LogP contribution in [0.1, 0.15) is 35.2 Å². The number of pyridine rings is 1. The lowest BCUT2D eigenvalue weighted by Crippen LogP contribution is -2.43. The quantitative estimate of drug-likeness (QED) is 0.660. The number of nitrogens with zero attached hydrogens (tertiary/aromatic N) is 3. The van der Waals surface area contributed by atoms with Gasteiger partial charge in [0.2, 0.25) is 0 Å². The van der Waals surface area contributed by atoms with Crippen LogP contribution in [0.4, 0.5) is 19.0 Å². The molecule has 9 heteroatoms. The van der Waals surface area contributed by atoms with Crippen LogP contribution in [0, 0.1) is 0 Å². The summed E-state index contributed by atoms with van der Waals surface area (Å²) in [7, 11) is 0. The molecule has 1 fully saturated rings. The maximum absolute atomic E-state index is 12.8. The van der Waals surface area contributed by atoms with Crippen LogP contribution in [0.5, 0.6) is 0 Å². The molecule has 3 aromatic rings. The number of nitrogens with one attached hydrogen (secondary N) is 2. The maximum Gasteiger partial charge on any atom is 0.417 e. The van der Waals surface area contributed by atoms with Crippen molar-refractivity contribution in [2.24, 2.45) is 0 Å². The van der Waals surface area contributed by atoms with Crippen molar-refractivity contribution >= 4 is 11.7 Å². The number of benzene rings is 1. The van der Waals surface area contributed by atoms with Gasteiger partial charge in [-0.25, -0.2) is 9.67 Å². The molecule has 1 aliphatic carbocycles. The van der Waals surface area contributed by atoms with Crippen molar-refractivity contribution in [1.82, 2.24) is 20.1 Å². The SMILES string of the molecule is O=C(N[C@H]1CCC[C@@H]1Nc1ccc(C(F)(F)F)cn1)c1cccc(-n2cccn2)c1. The number of anilines is 1. The first kappa shape index (κ1) is 19.9. The Morgan fingerprint density at radius 2 is 1.93 bits per heavy atom. The lowest BCUT2D eigenvalue weighted by atomic mass is 10.1. The van der Waals surface area contributed by atoms with Gasteiger partial charge >= 0.3 is 6.18 Å². The first-order chi connectivity index (χ1) is 14.4. The van der Waals surface area contributed by atoms with Gasteiger partial charge in [-0.2, -0.15) is 18.3 Å². The van der Waals surface area contributed by atoms with Gasteiger partial charge in [-0.15, -0.1) is 0 Å². The van der Waals surface area contributed by atoms with E-state index >= 15 is 0 Å². The van der Waals surface area contributed by atoms with Crippen LogP contribution < -0.4 is 10.6 Å². The van der Waals surface area contributed by atoms with Crippen molar-refractivity contribution in [3.63, 3.8) is 0 Å². The number of hydrogen-bond donors (Lipinski definition) is 2. The summed E-state index contributed by atoms with van der Waals surface area (Å²) in [5, 5.41) is 10.4. The predicted molar refractivity (Wildman–Crippen MR) is 105 cm³/mol. The second-order valence-corrected chi connectivity index (χ2v) is 7.19. The molecule has 2 atom stereocenters. The molecule has 1 amide bonds. The van der Waals surface area contributed by atoms with Gasteiger partial charge in [0, 0.05) is 36.2 Å². The highest BCUT2D eigenvalue weighted by Crippen LogP contribution is 2.29. The van der Waals surface area contributed by atoms with E-state index in [1.165, 1.54) is 6.07 Å². The highest BCUT2D eigenvalue weighted by atomic mass is 19.4. The second kappa shape index (κ2) is 8.17. The molecule has 0 saturated heterocycles. The molecule has 156 valence electrons. The van der Waals surface area contributed by atoms with E-state index in [9.17, 15) is 18.0 Å². The summed E-state index contributed by atoms with van der Waals surface area (Å²) < 4.78 is 39.8. The largest absolute Gasteiger partial charge is 0.417 e. The average molecular weight is 415 g/mol. The fourth-order valence-corrected chi connectivity index (χ4v) is 3.61. The molecular weight excluding hydrogens is 395 g/mol. The van der Waals surface area contributed by atoms with E-state index in [2.05, 4.69) is 20.7 Å². The standard InChI is InChI=1S/C21H20F3N5O/c22-21(23,24)15-8-9-19(25-13-15)27-17-6-2-7-18(17)28-20(30)14-4-1-5-16(12-14)29-11-3-10-26-29/h1,3-5,8-13,17-18H,2,6-7H2,(H,25,27)(H,28,30)/t17-,18-/m0/s1. The highest BCUT2D eigenvalue weighted by Gasteiger charge is 2.32. The van der Waals surface area contributed by atoms with E-state index in [0.717, 1.165) is 37.2 Å². The number of hydrogen-bond acceptors (Lipinski definition) is 4. The molecule has 0 spiro atoms. The van der Waals surface area contributed by atoms with Crippen molar-refractivity contribution in [3.05, 3.63) is 72.2 Å². The molecule has 4 rings (SSSR count). The maximum atomic E-state index is 12.8. The van der Waals surface area contributed by atoms with Gasteiger partial charge in [-0.05, 0) is 55.7 Å². The zero-order valence-electron chi connectivity index (χ0n) is 15.9. The van der Waals surface area contributed by atoms with Gasteiger partial charge in [0.05, 0.1) is 11.3 Å². The normalized spacial score (nSPS) is 18.9. The Bertz CT molecular complexity index is 1000. The number of alkyl halides is 3. The van der Waals surface area contributed by atoms with Crippen LogP contribution >= 0.6 is 0 Å². The molecule has 2 N–H and O–H groups in total. The van der Waals surface area contributed by atoms with Crippen molar-refractivity contribution in [1.29, 1.82) is 0 Å². The van der Waals surface area contributed by atoms with Crippen LogP contribution in [0.3, 0.4) is 0 Å². The first-order valence-corrected chi connectivity index (χ1v) is 9.61. The first-order valence-electron chi connectivity index (χ1n) is 9.61. The average Bonchev–Trinajstić information content (AvgIpc) is 3.41. The summed E-state index contributed by atoms with van der Waals surface area (Å²) in [5.74, 6) is 0.151. The molecule has 6 nitrogen and oxygen atoms in total. The Hall–Kier alpha value is -3.36. The second-order valence-electron chi connectivity index (χ2n) is 7.19. The number of carbonyl (C=O) groups excluding carboxylic acids is 1. The minimum atomic E-state index is -4.42. The molecule has 0 bridgehead atoms. The number of halogens is 3. The molecular formula is C21H20F3N5O. The lowest BCUT2D eigenvalue weighted by molar-refractivity contribution is -0.137. The van der Waals surface area contributed by atoms with Gasteiger partial charge < -0.3 is 10.6 Å². The fraction of sp³-hybridized carbons (Fsp3) is 0.286. The van der Waals surface area contributed by atoms with Crippen molar-refractivity contribution in [3.8, 4) is 5.69 Å². The molecule has 0 aliphatic heterocycles. The molecule has 1 saturated carbocycles. The summed E-state index contributed by atoms with van der Waals surface area (Å²) in [6.07, 6.45) is 2.33. The smallest absolute Gasteiger partial charge is 0.365 e. The van der Waals surface area contributed by atoms with Crippen LogP contribution in [-0.4, -0.2) is 32.8 Å². The minimum absolute atomic E-state index is 0.104. The third-order valence-electron chi connectivity index (χ3n) is 5.13. The van der Waals surface area contributed by atoms with Crippen molar-refractivity contribution in [2.75, 3.05) is 5.32 Å². The van der Waals surface area contributed by atoms with E-state index in [-0.39, 0.29) is 18.0 Å². The van der Waals surface area contributed by atoms with Crippen molar-refractivity contribution < 1.29 is 18.0 Å². The van der Waals surface area contributed by atoms with E-state index in [4.69, 9.17) is 0 Å². The lowest BCUT2D eigenvalue weighted by Gasteiger charge is -2.23. The van der Waals surface area contributed by atoms with Gasteiger partial charge in [0.1, 0.15) is 5.82 Å². The molecule has 2 aromatic heterocycles. The Balaban J connectivity index is 1.42. The van der Waals surface area contributed by atoms with Crippen LogP contribution in [0.2, 0.25) is 0 Å². The Labute approximate surface area is 171 Å². The van der Waals surface area contributed by atoms with E-state index in [1.54, 1.807) is 41.3 Å². The number of amides is 1. The fourth-order valence-electron chi connectivity index (χ4n) is 3.61. The van der Waals surface area contributed by atoms with Gasteiger partial charge in [0.25, 0.3) is 5.91 Å². The van der Waals surface area contributed by atoms with Gasteiger partial charge in [-0.3, -0.25) is 4.79 Å². The molecule has 0 radical (unpaired) electrons. The van der Waals surface area contributed by atoms with E-state index in [0.29, 0.717) is 11.4 Å². The van der Waals surface area contributed by atoms with E-state index in [1.807, 2.05) is 6.07 Å². The third-order valence-corrected chi connectivity index (χ3v) is 5.13. The van der Waals surface area contributed by atoms with Crippen LogP contribution in [0.25, 0.3) is 5.69 Å². The number of aromatic nitrogens is 3. The number of rotatable bonds is 5. The molecule has 30 heavy (non-hydrogen) atoms. The molecule has 1 aliphatic rings. The van der Waals surface area contributed by atoms with Gasteiger partial charge in [-0.1, -0.05) is 6.07 Å². The summed E-state index contributed by atoms with van der Waals surface area (Å²) in [6, 6.07) is 11.0. The van der Waals surface area contributed by atoms with Crippen LogP contribution in [-0.2, 0) is 6.18 Å². The summed E-state index contributed by atoms with van der Waals surface area (Å²) >= 11 is 0. The van der Waals surface area contributed by atoms with E-state index < -0.39 is 11.7 Å². The molecule has 0 unspecified atom stereocenters. The Kier molecular flexibility index (Phi) is 5.43. The minimum Gasteiger partial charge on any atom is -0.365 e. The highest BCUT2D eigenvalue weighted by molar-refractivity contribution is 5.95. The van der Waals surface area contributed by atoms with Gasteiger partial charge in [0.15, 0.2) is 0 Å². The predicted octanol–water partition coefficient (Wildman–Crippen LogP) is 4.05. The topological polar surface area (TPSA) is 71.8 Å². The third kappa shape index (κ3) is 4.45. The summed E-state index contributed by atoms with van der Waals surface area (Å²) in [4.78, 5) is 16.6. The summed E-state index contributed by atoms with van der Waals surface area (Å²) in [6.45, 7) is 0. The van der Waals surface area contributed by atoms with Crippen LogP contribution in [0.15, 0.2) is 61.1 Å². The summed E-state index contributed by atoms with van der Waals surface area (Å²) in [5.41, 5.74) is 0.505. The Morgan fingerprint density at radius 3 is 2.63 bits per heavy atom. The molecule has 1 aromatic carbocycles. The monoisotopic (exact) mass is 415 g/mol.